The zero-order valence-electron chi connectivity index (χ0n) is 25.8. The van der Waals surface area contributed by atoms with Crippen molar-refractivity contribution in [3.05, 3.63) is 23.8 Å². The third kappa shape index (κ3) is 3.95. The van der Waals surface area contributed by atoms with E-state index in [9.17, 15) is 4.79 Å². The van der Waals surface area contributed by atoms with Crippen LogP contribution in [-0.4, -0.2) is 5.78 Å². The quantitative estimate of drug-likeness (QED) is 0.336. The van der Waals surface area contributed by atoms with Gasteiger partial charge < -0.3 is 0 Å². The van der Waals surface area contributed by atoms with Gasteiger partial charge in [0.15, 0.2) is 5.78 Å². The van der Waals surface area contributed by atoms with E-state index < -0.39 is 0 Å². The van der Waals surface area contributed by atoms with E-state index >= 15 is 0 Å². The highest BCUT2D eigenvalue weighted by molar-refractivity contribution is 5.94. The highest BCUT2D eigenvalue weighted by Crippen LogP contribution is 2.74. The van der Waals surface area contributed by atoms with Gasteiger partial charge in [-0.25, -0.2) is 0 Å². The number of allylic oxidation sites excluding steroid dienone is 3. The van der Waals surface area contributed by atoms with Crippen LogP contribution in [0.3, 0.4) is 0 Å². The maximum Gasteiger partial charge on any atom is 0.159 e. The SMILES string of the molecule is C=C(C)C(C[C@@H](C)C(C)(C)[C@H]1CC[C@@]2(C)C3=CC(=O)[C@@H]4C[C@@H](C)[C@@H](C)C[C@]4(C)C3CC[C@]12C)C(C)C. The molecule has 2 unspecified atom stereocenters. The maximum atomic E-state index is 13.7. The summed E-state index contributed by atoms with van der Waals surface area (Å²) in [5.74, 6) is 5.27. The molecule has 0 spiro atoms. The second-order valence-electron chi connectivity index (χ2n) is 16.0. The van der Waals surface area contributed by atoms with Gasteiger partial charge in [0.2, 0.25) is 0 Å². The molecule has 0 N–H and O–H groups in total. The average molecular weight is 495 g/mol. The highest BCUT2D eigenvalue weighted by Gasteiger charge is 2.66. The first-order valence-electron chi connectivity index (χ1n) is 15.4. The van der Waals surface area contributed by atoms with Gasteiger partial charge in [0.05, 0.1) is 0 Å². The van der Waals surface area contributed by atoms with Crippen molar-refractivity contribution in [3.63, 3.8) is 0 Å². The Morgan fingerprint density at radius 2 is 1.69 bits per heavy atom. The number of hydrogen-bond donors (Lipinski definition) is 0. The van der Waals surface area contributed by atoms with Crippen molar-refractivity contribution in [2.24, 2.45) is 69.0 Å². The molecule has 4 rings (SSSR count). The molecular formula is C35H58O. The molecule has 0 aromatic carbocycles. The minimum atomic E-state index is 0.152. The van der Waals surface area contributed by atoms with Crippen LogP contribution < -0.4 is 0 Å². The van der Waals surface area contributed by atoms with Gasteiger partial charge in [-0.15, -0.1) is 0 Å². The van der Waals surface area contributed by atoms with E-state index in [-0.39, 0.29) is 27.6 Å². The Morgan fingerprint density at radius 3 is 2.28 bits per heavy atom. The van der Waals surface area contributed by atoms with Crippen LogP contribution in [0.15, 0.2) is 23.8 Å². The van der Waals surface area contributed by atoms with Crippen LogP contribution in [0.5, 0.6) is 0 Å². The zero-order valence-corrected chi connectivity index (χ0v) is 25.8. The normalized spacial score (nSPS) is 44.4. The van der Waals surface area contributed by atoms with Gasteiger partial charge >= 0.3 is 0 Å². The predicted molar refractivity (Wildman–Crippen MR) is 155 cm³/mol. The van der Waals surface area contributed by atoms with Crippen molar-refractivity contribution in [3.8, 4) is 0 Å². The molecule has 0 radical (unpaired) electrons. The number of carbonyl (C=O) groups excluding carboxylic acids is 1. The second-order valence-corrected chi connectivity index (χ2v) is 16.0. The molecule has 1 heteroatoms. The summed E-state index contributed by atoms with van der Waals surface area (Å²) in [5, 5.41) is 0. The van der Waals surface area contributed by atoms with E-state index in [2.05, 4.69) is 88.8 Å². The molecule has 10 atom stereocenters. The predicted octanol–water partition coefficient (Wildman–Crippen LogP) is 9.92. The maximum absolute atomic E-state index is 13.7. The fraction of sp³-hybridized carbons (Fsp3) is 0.857. The number of fused-ring (bicyclic) bond motifs is 5. The van der Waals surface area contributed by atoms with Crippen molar-refractivity contribution in [2.45, 2.75) is 121 Å². The number of ketones is 1. The number of rotatable bonds is 6. The molecule has 0 aromatic heterocycles. The molecule has 0 amide bonds. The molecule has 4 aliphatic rings. The largest absolute Gasteiger partial charge is 0.295 e. The highest BCUT2D eigenvalue weighted by atomic mass is 16.1. The van der Waals surface area contributed by atoms with E-state index in [4.69, 9.17) is 0 Å². The molecule has 1 nitrogen and oxygen atoms in total. The molecule has 0 bridgehead atoms. The van der Waals surface area contributed by atoms with E-state index in [1.807, 2.05) is 0 Å². The summed E-state index contributed by atoms with van der Waals surface area (Å²) in [6.45, 7) is 31.5. The van der Waals surface area contributed by atoms with Gasteiger partial charge in [-0.1, -0.05) is 87.0 Å². The second kappa shape index (κ2) is 9.12. The summed E-state index contributed by atoms with van der Waals surface area (Å²) in [5.41, 5.74) is 3.75. The average Bonchev–Trinajstić information content (AvgIpc) is 3.05. The van der Waals surface area contributed by atoms with Gasteiger partial charge in [0.1, 0.15) is 0 Å². The van der Waals surface area contributed by atoms with Crippen molar-refractivity contribution in [1.82, 2.24) is 0 Å². The van der Waals surface area contributed by atoms with Gasteiger partial charge in [-0.2, -0.15) is 0 Å². The van der Waals surface area contributed by atoms with Crippen molar-refractivity contribution in [2.75, 3.05) is 0 Å². The van der Waals surface area contributed by atoms with E-state index in [1.54, 1.807) is 5.57 Å². The zero-order chi connectivity index (χ0) is 27.0. The van der Waals surface area contributed by atoms with Crippen LogP contribution in [0.4, 0.5) is 0 Å². The molecule has 0 saturated heterocycles. The summed E-state index contributed by atoms with van der Waals surface area (Å²) in [6, 6.07) is 0. The lowest BCUT2D eigenvalue weighted by Crippen LogP contribution is -2.56. The van der Waals surface area contributed by atoms with Gasteiger partial charge in [0.25, 0.3) is 0 Å². The number of carbonyl (C=O) groups is 1. The summed E-state index contributed by atoms with van der Waals surface area (Å²) >= 11 is 0. The van der Waals surface area contributed by atoms with Crippen LogP contribution in [0, 0.1) is 69.0 Å². The Balaban J connectivity index is 1.67. The molecule has 3 fully saturated rings. The molecule has 0 heterocycles. The van der Waals surface area contributed by atoms with Crippen LogP contribution in [-0.2, 0) is 4.79 Å². The van der Waals surface area contributed by atoms with Crippen molar-refractivity contribution >= 4 is 5.78 Å². The standard InChI is InChI=1S/C35H58O/c1-21(2)26(22(3)4)18-25(7)32(8,9)31-14-16-34(11)28-19-30(36)29-17-23(5)24(6)20-33(29,10)27(28)13-15-35(31,34)12/h19,22-27,29,31H,1,13-18,20H2,2-12H3/t23-,24+,25-,26?,27?,29+,31-,33-,34+,35-/m1/s1. The summed E-state index contributed by atoms with van der Waals surface area (Å²) in [6.07, 6.45) is 10.9. The first-order chi connectivity index (χ1) is 16.5. The van der Waals surface area contributed by atoms with Crippen molar-refractivity contribution < 1.29 is 4.79 Å². The lowest BCUT2D eigenvalue weighted by Gasteiger charge is -2.62. The third-order valence-electron chi connectivity index (χ3n) is 13.7. The summed E-state index contributed by atoms with van der Waals surface area (Å²) in [4.78, 5) is 13.7. The minimum Gasteiger partial charge on any atom is -0.295 e. The first kappa shape index (κ1) is 28.2. The molecule has 0 aliphatic heterocycles. The van der Waals surface area contributed by atoms with Crippen LogP contribution in [0.2, 0.25) is 0 Å². The Labute approximate surface area is 224 Å². The van der Waals surface area contributed by atoms with Gasteiger partial charge in [-0.05, 0) is 121 Å². The van der Waals surface area contributed by atoms with Crippen LogP contribution in [0.1, 0.15) is 121 Å². The van der Waals surface area contributed by atoms with Crippen LogP contribution >= 0.6 is 0 Å². The van der Waals surface area contributed by atoms with Gasteiger partial charge in [-0.3, -0.25) is 4.79 Å². The van der Waals surface area contributed by atoms with E-state index in [0.29, 0.717) is 41.3 Å². The Kier molecular flexibility index (Phi) is 7.13. The Morgan fingerprint density at radius 1 is 1.06 bits per heavy atom. The fourth-order valence-corrected chi connectivity index (χ4v) is 10.5. The lowest BCUT2D eigenvalue weighted by atomic mass is 9.41. The molecular weight excluding hydrogens is 436 g/mol. The van der Waals surface area contributed by atoms with Crippen LogP contribution in [0.25, 0.3) is 0 Å². The number of hydrogen-bond acceptors (Lipinski definition) is 1. The van der Waals surface area contributed by atoms with Crippen molar-refractivity contribution in [1.29, 1.82) is 0 Å². The van der Waals surface area contributed by atoms with E-state index in [0.717, 1.165) is 12.3 Å². The molecule has 0 aromatic rings. The monoisotopic (exact) mass is 494 g/mol. The fourth-order valence-electron chi connectivity index (χ4n) is 10.5. The smallest absolute Gasteiger partial charge is 0.159 e. The molecule has 4 aliphatic carbocycles. The summed E-state index contributed by atoms with van der Waals surface area (Å²) < 4.78 is 0. The first-order valence-corrected chi connectivity index (χ1v) is 15.4. The lowest BCUT2D eigenvalue weighted by molar-refractivity contribution is -0.134. The Bertz CT molecular complexity index is 921. The minimum absolute atomic E-state index is 0.152. The van der Waals surface area contributed by atoms with Gasteiger partial charge in [0, 0.05) is 5.92 Å². The topological polar surface area (TPSA) is 17.1 Å². The molecule has 204 valence electrons. The van der Waals surface area contributed by atoms with E-state index in [1.165, 1.54) is 44.1 Å². The third-order valence-corrected chi connectivity index (χ3v) is 13.7. The molecule has 3 saturated carbocycles. The Hall–Kier alpha value is -0.850. The summed E-state index contributed by atoms with van der Waals surface area (Å²) in [7, 11) is 0. The molecule has 36 heavy (non-hydrogen) atoms.